The zero-order valence-corrected chi connectivity index (χ0v) is 13.0. The van der Waals surface area contributed by atoms with Gasteiger partial charge < -0.3 is 9.80 Å². The van der Waals surface area contributed by atoms with E-state index in [2.05, 4.69) is 4.90 Å². The number of nitrogens with zero attached hydrogens (tertiary/aromatic N) is 3. The fraction of sp³-hybridized carbons (Fsp3) is 0.467. The minimum absolute atomic E-state index is 0.00955. The van der Waals surface area contributed by atoms with Crippen LogP contribution in [0.2, 0.25) is 5.02 Å². The van der Waals surface area contributed by atoms with Gasteiger partial charge in [-0.15, -0.1) is 0 Å². The highest BCUT2D eigenvalue weighted by Gasteiger charge is 2.39. The molecule has 1 aromatic rings. The molecule has 0 aliphatic carbocycles. The van der Waals surface area contributed by atoms with Crippen LogP contribution in [0.1, 0.15) is 10.4 Å². The third-order valence-electron chi connectivity index (χ3n) is 4.32. The van der Waals surface area contributed by atoms with Gasteiger partial charge in [-0.2, -0.15) is 0 Å². The standard InChI is InChI=1S/C15H17ClFN3O2/c1-18-4-5-19-6-7-20(9-13(19)15(18)22)14(21)11-8-10(16)2-3-12(11)17/h2-3,8,13H,4-7,9H2,1H3/t13-/m0/s1. The van der Waals surface area contributed by atoms with E-state index >= 15 is 0 Å². The fourth-order valence-electron chi connectivity index (χ4n) is 2.98. The Morgan fingerprint density at radius 2 is 2.00 bits per heavy atom. The smallest absolute Gasteiger partial charge is 0.256 e. The summed E-state index contributed by atoms with van der Waals surface area (Å²) < 4.78 is 13.9. The molecule has 0 N–H and O–H groups in total. The van der Waals surface area contributed by atoms with E-state index in [-0.39, 0.29) is 24.1 Å². The van der Waals surface area contributed by atoms with Crippen molar-refractivity contribution in [2.75, 3.05) is 39.8 Å². The highest BCUT2D eigenvalue weighted by atomic mass is 35.5. The van der Waals surface area contributed by atoms with E-state index in [1.807, 2.05) is 0 Å². The molecule has 0 spiro atoms. The predicted molar refractivity (Wildman–Crippen MR) is 80.3 cm³/mol. The molecule has 118 valence electrons. The second kappa shape index (κ2) is 5.85. The second-order valence-corrected chi connectivity index (χ2v) is 6.12. The SMILES string of the molecule is CN1CCN2CCN(C(=O)c3cc(Cl)ccc3F)C[C@H]2C1=O. The summed E-state index contributed by atoms with van der Waals surface area (Å²) in [6.45, 7) is 2.90. The van der Waals surface area contributed by atoms with Crippen molar-refractivity contribution < 1.29 is 14.0 Å². The minimum Gasteiger partial charge on any atom is -0.343 e. The van der Waals surface area contributed by atoms with Gasteiger partial charge in [0.05, 0.1) is 5.56 Å². The Bertz CT molecular complexity index is 625. The van der Waals surface area contributed by atoms with E-state index in [1.165, 1.54) is 23.1 Å². The first-order valence-corrected chi connectivity index (χ1v) is 7.58. The largest absolute Gasteiger partial charge is 0.343 e. The quantitative estimate of drug-likeness (QED) is 0.776. The van der Waals surface area contributed by atoms with Crippen molar-refractivity contribution in [2.24, 2.45) is 0 Å². The second-order valence-electron chi connectivity index (χ2n) is 5.69. The summed E-state index contributed by atoms with van der Waals surface area (Å²) in [6.07, 6.45) is 0. The van der Waals surface area contributed by atoms with Crippen molar-refractivity contribution >= 4 is 23.4 Å². The summed E-state index contributed by atoms with van der Waals surface area (Å²) in [6, 6.07) is 3.59. The van der Waals surface area contributed by atoms with Crippen LogP contribution in [0.4, 0.5) is 4.39 Å². The van der Waals surface area contributed by atoms with Crippen LogP contribution < -0.4 is 0 Å². The Hall–Kier alpha value is -1.66. The number of hydrogen-bond acceptors (Lipinski definition) is 3. The lowest BCUT2D eigenvalue weighted by Gasteiger charge is -2.45. The lowest BCUT2D eigenvalue weighted by atomic mass is 10.1. The molecular weight excluding hydrogens is 309 g/mol. The lowest BCUT2D eigenvalue weighted by Crippen LogP contribution is -2.64. The zero-order chi connectivity index (χ0) is 15.9. The number of piperazine rings is 2. The van der Waals surface area contributed by atoms with Crippen molar-refractivity contribution in [3.8, 4) is 0 Å². The van der Waals surface area contributed by atoms with Gasteiger partial charge in [-0.25, -0.2) is 4.39 Å². The van der Waals surface area contributed by atoms with E-state index in [0.29, 0.717) is 24.7 Å². The number of likely N-dealkylation sites (N-methyl/N-ethyl adjacent to an activating group) is 1. The molecule has 0 saturated carbocycles. The Morgan fingerprint density at radius 1 is 1.27 bits per heavy atom. The summed E-state index contributed by atoms with van der Waals surface area (Å²) in [5.74, 6) is -1.00. The average molecular weight is 326 g/mol. The number of rotatable bonds is 1. The van der Waals surface area contributed by atoms with E-state index < -0.39 is 11.7 Å². The molecule has 2 saturated heterocycles. The topological polar surface area (TPSA) is 43.9 Å². The van der Waals surface area contributed by atoms with E-state index in [4.69, 9.17) is 11.6 Å². The van der Waals surface area contributed by atoms with Crippen LogP contribution in [0.5, 0.6) is 0 Å². The van der Waals surface area contributed by atoms with Crippen LogP contribution in [-0.4, -0.2) is 72.3 Å². The van der Waals surface area contributed by atoms with Crippen LogP contribution in [0, 0.1) is 5.82 Å². The van der Waals surface area contributed by atoms with Crippen molar-refractivity contribution in [1.29, 1.82) is 0 Å². The maximum Gasteiger partial charge on any atom is 0.256 e. The van der Waals surface area contributed by atoms with Crippen LogP contribution >= 0.6 is 11.6 Å². The number of hydrogen-bond donors (Lipinski definition) is 0. The van der Waals surface area contributed by atoms with Crippen molar-refractivity contribution in [1.82, 2.24) is 14.7 Å². The van der Waals surface area contributed by atoms with Gasteiger partial charge in [0.25, 0.3) is 5.91 Å². The third kappa shape index (κ3) is 2.68. The molecule has 2 amide bonds. The van der Waals surface area contributed by atoms with Gasteiger partial charge >= 0.3 is 0 Å². The average Bonchev–Trinajstić information content (AvgIpc) is 2.52. The van der Waals surface area contributed by atoms with Crippen LogP contribution in [0.3, 0.4) is 0 Å². The zero-order valence-electron chi connectivity index (χ0n) is 12.3. The van der Waals surface area contributed by atoms with Gasteiger partial charge in [0.2, 0.25) is 5.91 Å². The van der Waals surface area contributed by atoms with Gasteiger partial charge in [0.15, 0.2) is 0 Å². The lowest BCUT2D eigenvalue weighted by molar-refractivity contribution is -0.142. The first-order chi connectivity index (χ1) is 10.5. The normalized spacial score (nSPS) is 22.7. The molecule has 0 radical (unpaired) electrons. The van der Waals surface area contributed by atoms with E-state index in [1.54, 1.807) is 11.9 Å². The van der Waals surface area contributed by atoms with E-state index in [9.17, 15) is 14.0 Å². The molecular formula is C15H17ClFN3O2. The van der Waals surface area contributed by atoms with Crippen molar-refractivity contribution in [2.45, 2.75) is 6.04 Å². The molecule has 1 aromatic carbocycles. The minimum atomic E-state index is -0.594. The molecule has 0 bridgehead atoms. The Labute approximate surface area is 133 Å². The highest BCUT2D eigenvalue weighted by Crippen LogP contribution is 2.21. The molecule has 2 heterocycles. The first-order valence-electron chi connectivity index (χ1n) is 7.20. The first kappa shape index (κ1) is 15.2. The van der Waals surface area contributed by atoms with Crippen LogP contribution in [0.25, 0.3) is 0 Å². The van der Waals surface area contributed by atoms with Gasteiger partial charge in [-0.05, 0) is 18.2 Å². The number of benzene rings is 1. The third-order valence-corrected chi connectivity index (χ3v) is 4.56. The van der Waals surface area contributed by atoms with Crippen LogP contribution in [-0.2, 0) is 4.79 Å². The fourth-order valence-corrected chi connectivity index (χ4v) is 3.15. The maximum absolute atomic E-state index is 13.9. The van der Waals surface area contributed by atoms with Gasteiger partial charge in [0, 0.05) is 44.8 Å². The van der Waals surface area contributed by atoms with Crippen LogP contribution in [0.15, 0.2) is 18.2 Å². The number of carbonyl (C=O) groups excluding carboxylic acids is 2. The molecule has 2 fully saturated rings. The molecule has 3 rings (SSSR count). The molecule has 5 nitrogen and oxygen atoms in total. The Balaban J connectivity index is 1.80. The monoisotopic (exact) mass is 325 g/mol. The maximum atomic E-state index is 13.9. The summed E-state index contributed by atoms with van der Waals surface area (Å²) in [4.78, 5) is 30.0. The Kier molecular flexibility index (Phi) is 4.06. The molecule has 22 heavy (non-hydrogen) atoms. The van der Waals surface area contributed by atoms with Gasteiger partial charge in [0.1, 0.15) is 11.9 Å². The summed E-state index contributed by atoms with van der Waals surface area (Å²) >= 11 is 5.85. The van der Waals surface area contributed by atoms with Gasteiger partial charge in [-0.3, -0.25) is 14.5 Å². The van der Waals surface area contributed by atoms with Gasteiger partial charge in [-0.1, -0.05) is 11.6 Å². The molecule has 7 heteroatoms. The molecule has 0 unspecified atom stereocenters. The summed E-state index contributed by atoms with van der Waals surface area (Å²) in [5, 5.41) is 0.317. The molecule has 0 aromatic heterocycles. The number of halogens is 2. The predicted octanol–water partition coefficient (Wildman–Crippen LogP) is 1.08. The summed E-state index contributed by atoms with van der Waals surface area (Å²) in [7, 11) is 1.76. The Morgan fingerprint density at radius 3 is 2.77 bits per heavy atom. The van der Waals surface area contributed by atoms with E-state index in [0.717, 1.165) is 6.54 Å². The number of carbonyl (C=O) groups is 2. The number of amides is 2. The number of fused-ring (bicyclic) bond motifs is 1. The molecule has 2 aliphatic rings. The van der Waals surface area contributed by atoms with Crippen molar-refractivity contribution in [3.05, 3.63) is 34.6 Å². The molecule has 2 aliphatic heterocycles. The van der Waals surface area contributed by atoms with Crippen molar-refractivity contribution in [3.63, 3.8) is 0 Å². The molecule has 1 atom stereocenters. The highest BCUT2D eigenvalue weighted by molar-refractivity contribution is 6.31. The summed E-state index contributed by atoms with van der Waals surface area (Å²) in [5.41, 5.74) is -0.0439.